The van der Waals surface area contributed by atoms with Crippen molar-refractivity contribution < 1.29 is 4.79 Å². The third kappa shape index (κ3) is 2.66. The second-order valence-electron chi connectivity index (χ2n) is 4.58. The number of benzene rings is 1. The van der Waals surface area contributed by atoms with Gasteiger partial charge in [0.25, 0.3) is 0 Å². The van der Waals surface area contributed by atoms with E-state index < -0.39 is 0 Å². The van der Waals surface area contributed by atoms with E-state index in [0.717, 1.165) is 36.5 Å². The summed E-state index contributed by atoms with van der Waals surface area (Å²) in [7, 11) is 5.27. The molecule has 0 unspecified atom stereocenters. The van der Waals surface area contributed by atoms with Crippen molar-refractivity contribution in [2.75, 3.05) is 13.1 Å². The molecule has 2 nitrogen and oxygen atoms in total. The number of aryl methyl sites for hydroxylation is 1. The van der Waals surface area contributed by atoms with Crippen molar-refractivity contribution >= 4 is 25.3 Å². The van der Waals surface area contributed by atoms with Gasteiger partial charge in [-0.3, -0.25) is 4.79 Å². The highest BCUT2D eigenvalue weighted by Crippen LogP contribution is 2.34. The van der Waals surface area contributed by atoms with Gasteiger partial charge in [-0.15, -0.1) is 0 Å². The lowest BCUT2D eigenvalue weighted by molar-refractivity contribution is 0.204. The summed E-state index contributed by atoms with van der Waals surface area (Å²) < 4.78 is 0. The zero-order valence-electron chi connectivity index (χ0n) is 9.95. The highest BCUT2D eigenvalue weighted by molar-refractivity contribution is 6.56. The van der Waals surface area contributed by atoms with Crippen molar-refractivity contribution in [3.8, 4) is 0 Å². The average Bonchev–Trinajstić information content (AvgIpc) is 2.33. The molecule has 0 aromatic heterocycles. The van der Waals surface area contributed by atoms with E-state index in [-0.39, 0.29) is 5.81 Å². The SMILES string of the molecule is [B]C(=O)N1CCC(c2cccc(C)c2Cl)CC1. The predicted molar refractivity (Wildman–Crippen MR) is 70.9 cm³/mol. The third-order valence-corrected chi connectivity index (χ3v) is 3.98. The molecule has 0 saturated carbocycles. The number of hydrogen-bond donors (Lipinski definition) is 0. The Morgan fingerprint density at radius 1 is 1.41 bits per heavy atom. The van der Waals surface area contributed by atoms with Gasteiger partial charge in [0.05, 0.1) is 0 Å². The quantitative estimate of drug-likeness (QED) is 0.698. The maximum absolute atomic E-state index is 11.0. The summed E-state index contributed by atoms with van der Waals surface area (Å²) in [6.45, 7) is 3.47. The summed E-state index contributed by atoms with van der Waals surface area (Å²) in [5.74, 6) is 0.122. The van der Waals surface area contributed by atoms with E-state index in [2.05, 4.69) is 6.07 Å². The Hall–Kier alpha value is -0.955. The van der Waals surface area contributed by atoms with Gasteiger partial charge in [-0.25, -0.2) is 0 Å². The fourth-order valence-electron chi connectivity index (χ4n) is 2.40. The van der Waals surface area contributed by atoms with E-state index in [1.54, 1.807) is 4.90 Å². The number of hydrogen-bond acceptors (Lipinski definition) is 1. The van der Waals surface area contributed by atoms with Gasteiger partial charge in [0.2, 0.25) is 7.85 Å². The van der Waals surface area contributed by atoms with Crippen LogP contribution in [0.5, 0.6) is 0 Å². The van der Waals surface area contributed by atoms with Gasteiger partial charge in [-0.05, 0) is 36.8 Å². The Kier molecular flexibility index (Phi) is 3.77. The topological polar surface area (TPSA) is 20.3 Å². The van der Waals surface area contributed by atoms with Crippen LogP contribution >= 0.6 is 11.6 Å². The van der Waals surface area contributed by atoms with Crippen LogP contribution in [0.1, 0.15) is 29.9 Å². The lowest BCUT2D eigenvalue weighted by Crippen LogP contribution is -2.37. The predicted octanol–water partition coefficient (Wildman–Crippen LogP) is 3.12. The van der Waals surface area contributed by atoms with Crippen LogP contribution in [-0.2, 0) is 0 Å². The highest BCUT2D eigenvalue weighted by atomic mass is 35.5. The molecule has 17 heavy (non-hydrogen) atoms. The van der Waals surface area contributed by atoms with Crippen molar-refractivity contribution in [3.63, 3.8) is 0 Å². The number of rotatable bonds is 1. The first-order valence-electron chi connectivity index (χ1n) is 5.89. The molecule has 1 amide bonds. The average molecular weight is 248 g/mol. The van der Waals surface area contributed by atoms with Crippen LogP contribution < -0.4 is 0 Å². The van der Waals surface area contributed by atoms with Gasteiger partial charge in [0.1, 0.15) is 0 Å². The van der Waals surface area contributed by atoms with E-state index in [1.165, 1.54) is 5.56 Å². The fraction of sp³-hybridized carbons (Fsp3) is 0.462. The van der Waals surface area contributed by atoms with Crippen LogP contribution in [0.15, 0.2) is 18.2 Å². The second-order valence-corrected chi connectivity index (χ2v) is 4.96. The molecule has 0 N–H and O–H groups in total. The molecule has 88 valence electrons. The van der Waals surface area contributed by atoms with Crippen LogP contribution in [0.3, 0.4) is 0 Å². The van der Waals surface area contributed by atoms with Gasteiger partial charge in [0, 0.05) is 18.1 Å². The van der Waals surface area contributed by atoms with Gasteiger partial charge in [0.15, 0.2) is 5.81 Å². The number of nitrogens with zero attached hydrogens (tertiary/aromatic N) is 1. The molecule has 4 heteroatoms. The second kappa shape index (κ2) is 5.13. The summed E-state index contributed by atoms with van der Waals surface area (Å²) >= 11 is 6.32. The van der Waals surface area contributed by atoms with Crippen molar-refractivity contribution in [1.82, 2.24) is 4.90 Å². The zero-order chi connectivity index (χ0) is 12.4. The number of carbonyl (C=O) groups excluding carboxylic acids is 1. The number of halogens is 1. The summed E-state index contributed by atoms with van der Waals surface area (Å²) in [6, 6.07) is 6.14. The summed E-state index contributed by atoms with van der Waals surface area (Å²) in [6.07, 6.45) is 1.87. The van der Waals surface area contributed by atoms with E-state index >= 15 is 0 Å². The molecule has 2 radical (unpaired) electrons. The molecular formula is C13H15BClNO. The zero-order valence-corrected chi connectivity index (χ0v) is 10.7. The molecule has 1 aliphatic heterocycles. The van der Waals surface area contributed by atoms with Crippen LogP contribution in [0.4, 0.5) is 4.79 Å². The molecule has 1 aromatic carbocycles. The van der Waals surface area contributed by atoms with Crippen LogP contribution in [0.25, 0.3) is 0 Å². The minimum atomic E-state index is -0.321. The first-order chi connectivity index (χ1) is 8.09. The lowest BCUT2D eigenvalue weighted by atomic mass is 9.88. The Balaban J connectivity index is 2.10. The summed E-state index contributed by atoms with van der Waals surface area (Å²) in [4.78, 5) is 12.7. The smallest absolute Gasteiger partial charge is 0.200 e. The van der Waals surface area contributed by atoms with Gasteiger partial charge in [-0.2, -0.15) is 0 Å². The molecular weight excluding hydrogens is 232 g/mol. The Labute approximate surface area is 108 Å². The molecule has 1 heterocycles. The standard InChI is InChI=1S/C13H15BClNO/c1-9-3-2-4-11(12(9)15)10-5-7-16(8-6-10)13(14)17/h2-4,10H,5-8H2,1H3. The maximum atomic E-state index is 11.0. The monoisotopic (exact) mass is 247 g/mol. The highest BCUT2D eigenvalue weighted by Gasteiger charge is 2.23. The molecule has 0 spiro atoms. The van der Waals surface area contributed by atoms with Crippen LogP contribution in [0, 0.1) is 6.92 Å². The Morgan fingerprint density at radius 2 is 2.06 bits per heavy atom. The summed E-state index contributed by atoms with van der Waals surface area (Å²) in [5.41, 5.74) is 2.32. The van der Waals surface area contributed by atoms with Crippen molar-refractivity contribution in [2.45, 2.75) is 25.7 Å². The molecule has 0 aliphatic carbocycles. The summed E-state index contributed by atoms with van der Waals surface area (Å²) in [5, 5.41) is 0.866. The van der Waals surface area contributed by atoms with Gasteiger partial charge < -0.3 is 4.90 Å². The first-order valence-corrected chi connectivity index (χ1v) is 6.26. The van der Waals surface area contributed by atoms with Gasteiger partial charge in [-0.1, -0.05) is 29.8 Å². The van der Waals surface area contributed by atoms with Crippen LogP contribution in [-0.4, -0.2) is 31.6 Å². The largest absolute Gasteiger partial charge is 0.353 e. The molecule has 1 aliphatic rings. The van der Waals surface area contributed by atoms with E-state index in [0.29, 0.717) is 5.92 Å². The molecule has 1 saturated heterocycles. The third-order valence-electron chi connectivity index (χ3n) is 3.47. The van der Waals surface area contributed by atoms with Crippen molar-refractivity contribution in [3.05, 3.63) is 34.3 Å². The lowest BCUT2D eigenvalue weighted by Gasteiger charge is -2.32. The molecule has 1 aromatic rings. The molecule has 0 atom stereocenters. The van der Waals surface area contributed by atoms with E-state index in [9.17, 15) is 4.79 Å². The van der Waals surface area contributed by atoms with E-state index in [1.807, 2.05) is 19.1 Å². The maximum Gasteiger partial charge on any atom is 0.200 e. The number of amides is 1. The minimum absolute atomic E-state index is 0.321. The fourth-order valence-corrected chi connectivity index (χ4v) is 2.68. The van der Waals surface area contributed by atoms with Crippen LogP contribution in [0.2, 0.25) is 5.02 Å². The van der Waals surface area contributed by atoms with Crippen molar-refractivity contribution in [2.24, 2.45) is 0 Å². The number of carbonyl (C=O) groups is 1. The first kappa shape index (κ1) is 12.5. The Morgan fingerprint density at radius 3 is 2.65 bits per heavy atom. The molecule has 0 bridgehead atoms. The van der Waals surface area contributed by atoms with E-state index in [4.69, 9.17) is 19.4 Å². The molecule has 1 fully saturated rings. The Bertz CT molecular complexity index is 427. The van der Waals surface area contributed by atoms with Gasteiger partial charge >= 0.3 is 0 Å². The molecule has 2 rings (SSSR count). The number of likely N-dealkylation sites (tertiary alicyclic amines) is 1. The minimum Gasteiger partial charge on any atom is -0.353 e. The van der Waals surface area contributed by atoms with Crippen molar-refractivity contribution in [1.29, 1.82) is 0 Å². The number of piperidine rings is 1. The normalized spacial score (nSPS) is 17.2.